The van der Waals surface area contributed by atoms with Gasteiger partial charge in [0, 0.05) is 38.8 Å². The Labute approximate surface area is 163 Å². The van der Waals surface area contributed by atoms with E-state index in [1.54, 1.807) is 0 Å². The van der Waals surface area contributed by atoms with Gasteiger partial charge < -0.3 is 10.6 Å². The SMILES string of the molecule is C[C@H](C(=O)NC1CC1)N1CCN([C@@H](C)C(=O)NCCC2=CCCCC2)CC1. The van der Waals surface area contributed by atoms with Crippen LogP contribution in [0.3, 0.4) is 0 Å². The molecule has 152 valence electrons. The van der Waals surface area contributed by atoms with Crippen molar-refractivity contribution in [1.29, 1.82) is 0 Å². The minimum Gasteiger partial charge on any atom is -0.354 e. The molecule has 0 bridgehead atoms. The smallest absolute Gasteiger partial charge is 0.237 e. The quantitative estimate of drug-likeness (QED) is 0.633. The fraction of sp³-hybridized carbons (Fsp3) is 0.810. The molecule has 0 aromatic heterocycles. The van der Waals surface area contributed by atoms with Gasteiger partial charge in [-0.25, -0.2) is 0 Å². The van der Waals surface area contributed by atoms with E-state index >= 15 is 0 Å². The van der Waals surface area contributed by atoms with Crippen LogP contribution in [0.1, 0.15) is 58.8 Å². The molecular weight excluding hydrogens is 340 g/mol. The summed E-state index contributed by atoms with van der Waals surface area (Å²) in [5, 5.41) is 6.20. The van der Waals surface area contributed by atoms with Gasteiger partial charge >= 0.3 is 0 Å². The Morgan fingerprint density at radius 2 is 1.67 bits per heavy atom. The Morgan fingerprint density at radius 1 is 1.04 bits per heavy atom. The first-order valence-electron chi connectivity index (χ1n) is 10.8. The molecule has 3 rings (SSSR count). The summed E-state index contributed by atoms with van der Waals surface area (Å²) in [6.07, 6.45) is 10.6. The van der Waals surface area contributed by atoms with Crippen molar-refractivity contribution in [3.63, 3.8) is 0 Å². The number of nitrogens with zero attached hydrogens (tertiary/aromatic N) is 2. The van der Waals surface area contributed by atoms with Crippen LogP contribution in [0, 0.1) is 0 Å². The molecule has 0 aromatic carbocycles. The normalized spacial score (nSPS) is 24.0. The van der Waals surface area contributed by atoms with Crippen molar-refractivity contribution in [2.75, 3.05) is 32.7 Å². The Balaban J connectivity index is 1.35. The van der Waals surface area contributed by atoms with Crippen LogP contribution in [0.4, 0.5) is 0 Å². The van der Waals surface area contributed by atoms with Crippen molar-refractivity contribution < 1.29 is 9.59 Å². The van der Waals surface area contributed by atoms with Gasteiger partial charge in [0.25, 0.3) is 0 Å². The highest BCUT2D eigenvalue weighted by molar-refractivity contribution is 5.82. The number of amides is 2. The summed E-state index contributed by atoms with van der Waals surface area (Å²) in [6.45, 7) is 8.07. The summed E-state index contributed by atoms with van der Waals surface area (Å²) in [6, 6.07) is 0.220. The van der Waals surface area contributed by atoms with Crippen LogP contribution in [-0.2, 0) is 9.59 Å². The van der Waals surface area contributed by atoms with Crippen molar-refractivity contribution in [1.82, 2.24) is 20.4 Å². The van der Waals surface area contributed by atoms with E-state index in [2.05, 4.69) is 26.5 Å². The van der Waals surface area contributed by atoms with Gasteiger partial charge in [0.05, 0.1) is 12.1 Å². The molecule has 0 spiro atoms. The largest absolute Gasteiger partial charge is 0.354 e. The fourth-order valence-corrected chi connectivity index (χ4v) is 4.02. The van der Waals surface area contributed by atoms with Gasteiger partial charge in [-0.15, -0.1) is 0 Å². The second-order valence-electron chi connectivity index (χ2n) is 8.36. The standard InChI is InChI=1S/C21H36N4O2/c1-16(20(26)22-11-10-18-6-4-3-5-7-18)24-12-14-25(15-13-24)17(2)21(27)23-19-8-9-19/h6,16-17,19H,3-5,7-15H2,1-2H3,(H,22,26)(H,23,27)/t16-,17+/m0/s1. The molecule has 2 aliphatic carbocycles. The third-order valence-electron chi connectivity index (χ3n) is 6.26. The maximum Gasteiger partial charge on any atom is 0.237 e. The van der Waals surface area contributed by atoms with Gasteiger partial charge in [-0.1, -0.05) is 11.6 Å². The lowest BCUT2D eigenvalue weighted by Gasteiger charge is -2.39. The third-order valence-corrected chi connectivity index (χ3v) is 6.26. The van der Waals surface area contributed by atoms with Gasteiger partial charge in [0.1, 0.15) is 0 Å². The van der Waals surface area contributed by atoms with Crippen LogP contribution in [0.5, 0.6) is 0 Å². The van der Waals surface area contributed by atoms with Gasteiger partial charge in [0.2, 0.25) is 11.8 Å². The zero-order valence-corrected chi connectivity index (χ0v) is 17.0. The minimum atomic E-state index is -0.108. The Hall–Kier alpha value is -1.40. The van der Waals surface area contributed by atoms with Crippen molar-refractivity contribution in [3.05, 3.63) is 11.6 Å². The van der Waals surface area contributed by atoms with E-state index in [1.165, 1.54) is 31.3 Å². The van der Waals surface area contributed by atoms with Crippen molar-refractivity contribution in [2.45, 2.75) is 76.9 Å². The predicted octanol–water partition coefficient (Wildman–Crippen LogP) is 1.67. The number of carbonyl (C=O) groups excluding carboxylic acids is 2. The first kappa shape index (κ1) is 20.3. The highest BCUT2D eigenvalue weighted by Gasteiger charge is 2.31. The topological polar surface area (TPSA) is 64.7 Å². The molecule has 2 amide bonds. The highest BCUT2D eigenvalue weighted by atomic mass is 16.2. The molecule has 27 heavy (non-hydrogen) atoms. The van der Waals surface area contributed by atoms with Gasteiger partial charge in [-0.2, -0.15) is 0 Å². The average Bonchev–Trinajstić information content (AvgIpc) is 3.51. The molecule has 1 saturated heterocycles. The molecule has 6 nitrogen and oxygen atoms in total. The monoisotopic (exact) mass is 376 g/mol. The van der Waals surface area contributed by atoms with E-state index in [4.69, 9.17) is 0 Å². The Kier molecular flexibility index (Phi) is 7.30. The molecule has 1 aliphatic heterocycles. The summed E-state index contributed by atoms with van der Waals surface area (Å²) in [5.74, 6) is 0.271. The van der Waals surface area contributed by atoms with Crippen LogP contribution >= 0.6 is 0 Å². The number of piperazine rings is 1. The maximum absolute atomic E-state index is 12.5. The van der Waals surface area contributed by atoms with Gasteiger partial charge in [-0.3, -0.25) is 19.4 Å². The zero-order valence-electron chi connectivity index (χ0n) is 17.0. The van der Waals surface area contributed by atoms with E-state index in [9.17, 15) is 9.59 Å². The van der Waals surface area contributed by atoms with Crippen molar-refractivity contribution >= 4 is 11.8 Å². The molecule has 6 heteroatoms. The molecule has 2 N–H and O–H groups in total. The lowest BCUT2D eigenvalue weighted by Crippen LogP contribution is -2.57. The summed E-state index contributed by atoms with van der Waals surface area (Å²) in [5.41, 5.74) is 1.50. The number of carbonyl (C=O) groups is 2. The molecule has 3 aliphatic rings. The van der Waals surface area contributed by atoms with E-state index < -0.39 is 0 Å². The molecular formula is C21H36N4O2. The minimum absolute atomic E-state index is 0.0827. The first-order chi connectivity index (χ1) is 13.0. The molecule has 1 heterocycles. The van der Waals surface area contributed by atoms with Crippen LogP contribution in [-0.4, -0.2) is 72.5 Å². The van der Waals surface area contributed by atoms with Crippen molar-refractivity contribution in [2.24, 2.45) is 0 Å². The average molecular weight is 377 g/mol. The highest BCUT2D eigenvalue weighted by Crippen LogP contribution is 2.20. The summed E-state index contributed by atoms with van der Waals surface area (Å²) in [4.78, 5) is 29.2. The number of hydrogen-bond donors (Lipinski definition) is 2. The number of hydrogen-bond acceptors (Lipinski definition) is 4. The number of nitrogens with one attached hydrogen (secondary N) is 2. The second kappa shape index (κ2) is 9.69. The second-order valence-corrected chi connectivity index (χ2v) is 8.36. The molecule has 2 atom stereocenters. The summed E-state index contributed by atoms with van der Waals surface area (Å²) >= 11 is 0. The summed E-state index contributed by atoms with van der Waals surface area (Å²) < 4.78 is 0. The molecule has 0 radical (unpaired) electrons. The predicted molar refractivity (Wildman–Crippen MR) is 107 cm³/mol. The van der Waals surface area contributed by atoms with Crippen LogP contribution in [0.15, 0.2) is 11.6 Å². The maximum atomic E-state index is 12.5. The van der Waals surface area contributed by atoms with E-state index in [0.29, 0.717) is 6.04 Å². The van der Waals surface area contributed by atoms with Crippen LogP contribution in [0.2, 0.25) is 0 Å². The molecule has 1 saturated carbocycles. The lowest BCUT2D eigenvalue weighted by atomic mass is 9.97. The van der Waals surface area contributed by atoms with Gasteiger partial charge in [-0.05, 0) is 58.8 Å². The van der Waals surface area contributed by atoms with E-state index in [-0.39, 0.29) is 23.9 Å². The van der Waals surface area contributed by atoms with E-state index in [0.717, 1.165) is 52.0 Å². The zero-order chi connectivity index (χ0) is 19.2. The molecule has 0 aromatic rings. The third kappa shape index (κ3) is 6.04. The van der Waals surface area contributed by atoms with E-state index in [1.807, 2.05) is 13.8 Å². The van der Waals surface area contributed by atoms with Crippen LogP contribution < -0.4 is 10.6 Å². The Bertz CT molecular complexity index is 550. The summed E-state index contributed by atoms with van der Waals surface area (Å²) in [7, 11) is 0. The fourth-order valence-electron chi connectivity index (χ4n) is 4.02. The first-order valence-corrected chi connectivity index (χ1v) is 10.8. The number of allylic oxidation sites excluding steroid dienone is 1. The molecule has 2 fully saturated rings. The number of rotatable bonds is 8. The van der Waals surface area contributed by atoms with Crippen LogP contribution in [0.25, 0.3) is 0 Å². The molecule has 0 unspecified atom stereocenters. The lowest BCUT2D eigenvalue weighted by molar-refractivity contribution is -0.129. The van der Waals surface area contributed by atoms with Crippen molar-refractivity contribution in [3.8, 4) is 0 Å². The Morgan fingerprint density at radius 3 is 2.22 bits per heavy atom. The van der Waals surface area contributed by atoms with Gasteiger partial charge in [0.15, 0.2) is 0 Å².